The number of nitrogens with two attached hydrogens (primary N) is 1. The number of hydrogen-bond donors (Lipinski definition) is 1. The molecule has 9 heteroatoms. The van der Waals surface area contributed by atoms with Crippen molar-refractivity contribution in [3.8, 4) is 5.75 Å². The van der Waals surface area contributed by atoms with E-state index in [1.54, 1.807) is 35.2 Å². The molecule has 8 nitrogen and oxygen atoms in total. The van der Waals surface area contributed by atoms with Gasteiger partial charge in [0.05, 0.1) is 0 Å². The lowest BCUT2D eigenvalue weighted by atomic mass is 10.2. The smallest absolute Gasteiger partial charge is 0.342 e. The number of carbonyl (C=O) groups excluding carboxylic acids is 3. The molecule has 2 aromatic carbocycles. The van der Waals surface area contributed by atoms with Gasteiger partial charge in [0, 0.05) is 38.3 Å². The van der Waals surface area contributed by atoms with Crippen LogP contribution in [0.5, 0.6) is 5.75 Å². The van der Waals surface area contributed by atoms with Crippen molar-refractivity contribution in [2.45, 2.75) is 6.54 Å². The number of esters is 1. The number of hydrogen-bond acceptors (Lipinski definition) is 6. The Morgan fingerprint density at radius 1 is 0.935 bits per heavy atom. The highest BCUT2D eigenvalue weighted by Crippen LogP contribution is 2.19. The minimum Gasteiger partial charge on any atom is -0.483 e. The van der Waals surface area contributed by atoms with E-state index < -0.39 is 18.5 Å². The fourth-order valence-electron chi connectivity index (χ4n) is 3.23. The molecule has 0 atom stereocenters. The van der Waals surface area contributed by atoms with Gasteiger partial charge >= 0.3 is 5.97 Å². The van der Waals surface area contributed by atoms with Crippen LogP contribution < -0.4 is 10.5 Å². The molecule has 0 aromatic heterocycles. The summed E-state index contributed by atoms with van der Waals surface area (Å²) in [6.45, 7) is 1.81. The van der Waals surface area contributed by atoms with Crippen LogP contribution in [0.3, 0.4) is 0 Å². The molecule has 1 fully saturated rings. The summed E-state index contributed by atoms with van der Waals surface area (Å²) in [5, 5.41) is 0. The van der Waals surface area contributed by atoms with E-state index in [4.69, 9.17) is 15.2 Å². The molecule has 0 radical (unpaired) electrons. The summed E-state index contributed by atoms with van der Waals surface area (Å²) >= 11 is 0. The number of carbonyl (C=O) groups is 3. The second-order valence-electron chi connectivity index (χ2n) is 7.08. The average Bonchev–Trinajstić information content (AvgIpc) is 2.78. The number of piperazine rings is 1. The zero-order valence-corrected chi connectivity index (χ0v) is 17.0. The third-order valence-corrected chi connectivity index (χ3v) is 4.88. The highest BCUT2D eigenvalue weighted by atomic mass is 19.1. The molecule has 3 rings (SSSR count). The highest BCUT2D eigenvalue weighted by Gasteiger charge is 2.23. The topological polar surface area (TPSA) is 102 Å². The molecule has 1 heterocycles. The maximum absolute atomic E-state index is 13.8. The number of ether oxygens (including phenoxy) is 2. The fraction of sp³-hybridized carbons (Fsp3) is 0.318. The van der Waals surface area contributed by atoms with Gasteiger partial charge in [-0.3, -0.25) is 14.5 Å². The summed E-state index contributed by atoms with van der Waals surface area (Å²) in [6.07, 6.45) is 0. The van der Waals surface area contributed by atoms with Crippen molar-refractivity contribution in [1.82, 2.24) is 9.80 Å². The zero-order valence-electron chi connectivity index (χ0n) is 17.0. The maximum atomic E-state index is 13.8. The predicted molar refractivity (Wildman–Crippen MR) is 110 cm³/mol. The van der Waals surface area contributed by atoms with Gasteiger partial charge in [-0.1, -0.05) is 30.3 Å². The van der Waals surface area contributed by atoms with Gasteiger partial charge in [-0.2, -0.15) is 0 Å². The number of para-hydroxylation sites is 1. The molecule has 2 aromatic rings. The summed E-state index contributed by atoms with van der Waals surface area (Å²) < 4.78 is 24.2. The number of benzene rings is 2. The summed E-state index contributed by atoms with van der Waals surface area (Å²) in [4.78, 5) is 39.4. The Morgan fingerprint density at radius 2 is 1.61 bits per heavy atom. The standard InChI is InChI=1S/C22H24FN3O5/c23-18-7-3-1-5-16(18)13-25-9-11-26(12-10-25)21(28)15-31-22(29)17-6-2-4-8-19(17)30-14-20(24)27/h1-8H,9-15H2,(H2,24,27). The number of nitrogens with zero attached hydrogens (tertiary/aromatic N) is 2. The van der Waals surface area contributed by atoms with E-state index in [1.807, 2.05) is 0 Å². The summed E-state index contributed by atoms with van der Waals surface area (Å²) in [7, 11) is 0. The van der Waals surface area contributed by atoms with Crippen molar-refractivity contribution in [3.63, 3.8) is 0 Å². The van der Waals surface area contributed by atoms with Crippen LogP contribution in [0.4, 0.5) is 4.39 Å². The lowest BCUT2D eigenvalue weighted by Gasteiger charge is -2.34. The minimum absolute atomic E-state index is 0.103. The van der Waals surface area contributed by atoms with Crippen LogP contribution in [-0.4, -0.2) is 67.0 Å². The van der Waals surface area contributed by atoms with Crippen LogP contribution in [0.15, 0.2) is 48.5 Å². The third kappa shape index (κ3) is 6.26. The van der Waals surface area contributed by atoms with E-state index >= 15 is 0 Å². The van der Waals surface area contributed by atoms with E-state index in [2.05, 4.69) is 4.90 Å². The summed E-state index contributed by atoms with van der Waals surface area (Å²) in [5.74, 6) is -1.80. The first-order valence-electron chi connectivity index (χ1n) is 9.85. The minimum atomic E-state index is -0.730. The predicted octanol–water partition coefficient (Wildman–Crippen LogP) is 1.19. The van der Waals surface area contributed by atoms with E-state index in [0.29, 0.717) is 38.3 Å². The van der Waals surface area contributed by atoms with Gasteiger partial charge in [-0.05, 0) is 18.2 Å². The molecule has 0 aliphatic carbocycles. The molecule has 31 heavy (non-hydrogen) atoms. The molecule has 2 amide bonds. The van der Waals surface area contributed by atoms with Crippen LogP contribution in [-0.2, 0) is 20.9 Å². The Hall–Kier alpha value is -3.46. The molecule has 0 saturated carbocycles. The zero-order chi connectivity index (χ0) is 22.2. The largest absolute Gasteiger partial charge is 0.483 e. The quantitative estimate of drug-likeness (QED) is 0.633. The molecule has 1 aliphatic heterocycles. The monoisotopic (exact) mass is 429 g/mol. The van der Waals surface area contributed by atoms with Gasteiger partial charge in [-0.15, -0.1) is 0 Å². The van der Waals surface area contributed by atoms with Gasteiger partial charge in [-0.25, -0.2) is 9.18 Å². The second-order valence-corrected chi connectivity index (χ2v) is 7.08. The maximum Gasteiger partial charge on any atom is 0.342 e. The molecular formula is C22H24FN3O5. The van der Waals surface area contributed by atoms with Crippen molar-refractivity contribution in [1.29, 1.82) is 0 Å². The Morgan fingerprint density at radius 3 is 2.32 bits per heavy atom. The van der Waals surface area contributed by atoms with Crippen LogP contribution >= 0.6 is 0 Å². The van der Waals surface area contributed by atoms with Crippen molar-refractivity contribution >= 4 is 17.8 Å². The number of halogens is 1. The van der Waals surface area contributed by atoms with Crippen LogP contribution in [0.1, 0.15) is 15.9 Å². The lowest BCUT2D eigenvalue weighted by Crippen LogP contribution is -2.49. The molecule has 1 aliphatic rings. The van der Waals surface area contributed by atoms with Crippen molar-refractivity contribution in [2.75, 3.05) is 39.4 Å². The molecule has 0 spiro atoms. The van der Waals surface area contributed by atoms with Gasteiger partial charge in [0.1, 0.15) is 17.1 Å². The molecule has 1 saturated heterocycles. The second kappa shape index (κ2) is 10.5. The molecule has 0 bridgehead atoms. The third-order valence-electron chi connectivity index (χ3n) is 4.88. The Bertz CT molecular complexity index is 944. The van der Waals surface area contributed by atoms with Crippen LogP contribution in [0, 0.1) is 5.82 Å². The summed E-state index contributed by atoms with van der Waals surface area (Å²) in [6, 6.07) is 12.9. The normalized spacial score (nSPS) is 14.2. The molecule has 164 valence electrons. The van der Waals surface area contributed by atoms with E-state index in [-0.39, 0.29) is 29.6 Å². The number of amides is 2. The summed E-state index contributed by atoms with van der Waals surface area (Å²) in [5.41, 5.74) is 5.78. The van der Waals surface area contributed by atoms with Gasteiger partial charge in [0.2, 0.25) is 0 Å². The molecular weight excluding hydrogens is 405 g/mol. The first kappa shape index (κ1) is 22.2. The first-order valence-corrected chi connectivity index (χ1v) is 9.85. The first-order chi connectivity index (χ1) is 14.9. The van der Waals surface area contributed by atoms with Gasteiger partial charge in [0.15, 0.2) is 13.2 Å². The Labute approximate surface area is 179 Å². The SMILES string of the molecule is NC(=O)COc1ccccc1C(=O)OCC(=O)N1CCN(Cc2ccccc2F)CC1. The van der Waals surface area contributed by atoms with Crippen molar-refractivity contribution < 1.29 is 28.2 Å². The van der Waals surface area contributed by atoms with Crippen molar-refractivity contribution in [3.05, 3.63) is 65.5 Å². The average molecular weight is 429 g/mol. The molecule has 2 N–H and O–H groups in total. The Balaban J connectivity index is 1.47. The van der Waals surface area contributed by atoms with Crippen LogP contribution in [0.2, 0.25) is 0 Å². The van der Waals surface area contributed by atoms with E-state index in [1.165, 1.54) is 18.2 Å². The van der Waals surface area contributed by atoms with Gasteiger partial charge < -0.3 is 20.1 Å². The molecule has 0 unspecified atom stereocenters. The Kier molecular flexibility index (Phi) is 7.55. The number of primary amides is 1. The van der Waals surface area contributed by atoms with Crippen molar-refractivity contribution in [2.24, 2.45) is 5.73 Å². The lowest BCUT2D eigenvalue weighted by molar-refractivity contribution is -0.136. The van der Waals surface area contributed by atoms with Gasteiger partial charge in [0.25, 0.3) is 11.8 Å². The van der Waals surface area contributed by atoms with Crippen LogP contribution in [0.25, 0.3) is 0 Å². The van der Waals surface area contributed by atoms with E-state index in [9.17, 15) is 18.8 Å². The number of rotatable bonds is 8. The highest BCUT2D eigenvalue weighted by molar-refractivity contribution is 5.94. The van der Waals surface area contributed by atoms with E-state index in [0.717, 1.165) is 0 Å². The fourth-order valence-corrected chi connectivity index (χ4v) is 3.23.